The number of hydrogen-bond acceptors (Lipinski definition) is 2. The Bertz CT molecular complexity index is 472. The highest BCUT2D eigenvalue weighted by Gasteiger charge is 2.34. The number of carboxylic acid groups (broad SMARTS) is 1. The maximum atomic E-state index is 12.1. The summed E-state index contributed by atoms with van der Waals surface area (Å²) < 4.78 is 0. The number of carbonyl (C=O) groups is 2. The zero-order valence-electron chi connectivity index (χ0n) is 11.7. The van der Waals surface area contributed by atoms with Crippen LogP contribution in [0.25, 0.3) is 0 Å². The Hall–Kier alpha value is -1.84. The fourth-order valence-electron chi connectivity index (χ4n) is 2.82. The third-order valence-corrected chi connectivity index (χ3v) is 3.93. The van der Waals surface area contributed by atoms with E-state index in [1.54, 1.807) is 0 Å². The van der Waals surface area contributed by atoms with Crippen LogP contribution in [-0.4, -0.2) is 23.0 Å². The van der Waals surface area contributed by atoms with E-state index in [2.05, 4.69) is 5.32 Å². The first-order chi connectivity index (χ1) is 9.56. The van der Waals surface area contributed by atoms with Crippen LogP contribution in [0.2, 0.25) is 0 Å². The largest absolute Gasteiger partial charge is 0.481 e. The number of benzene rings is 1. The second-order valence-electron chi connectivity index (χ2n) is 5.64. The molecule has 2 rings (SSSR count). The minimum absolute atomic E-state index is 0.00261. The van der Waals surface area contributed by atoms with Gasteiger partial charge in [-0.25, -0.2) is 0 Å². The predicted octanol–water partition coefficient (Wildman–Crippen LogP) is 2.23. The van der Waals surface area contributed by atoms with Crippen molar-refractivity contribution < 1.29 is 14.7 Å². The van der Waals surface area contributed by atoms with Gasteiger partial charge in [-0.15, -0.1) is 0 Å². The summed E-state index contributed by atoms with van der Waals surface area (Å²) in [5.74, 6) is -1.28. The molecule has 0 aliphatic heterocycles. The van der Waals surface area contributed by atoms with Crippen molar-refractivity contribution in [1.82, 2.24) is 5.32 Å². The molecule has 0 heterocycles. The zero-order valence-corrected chi connectivity index (χ0v) is 11.7. The highest BCUT2D eigenvalue weighted by molar-refractivity contribution is 5.81. The fraction of sp³-hybridized carbons (Fsp3) is 0.500. The molecule has 0 radical (unpaired) electrons. The van der Waals surface area contributed by atoms with Crippen LogP contribution in [0.15, 0.2) is 30.3 Å². The zero-order chi connectivity index (χ0) is 14.5. The maximum absolute atomic E-state index is 12.1. The molecule has 1 aliphatic rings. The van der Waals surface area contributed by atoms with Gasteiger partial charge in [0.15, 0.2) is 0 Å². The molecule has 3 atom stereocenters. The van der Waals surface area contributed by atoms with Crippen LogP contribution in [0.5, 0.6) is 0 Å². The summed E-state index contributed by atoms with van der Waals surface area (Å²) in [6, 6.07) is 10.1. The minimum atomic E-state index is -0.780. The third-order valence-electron chi connectivity index (χ3n) is 3.93. The average Bonchev–Trinajstić information content (AvgIpc) is 2.89. The molecule has 1 saturated carbocycles. The Balaban J connectivity index is 1.81. The van der Waals surface area contributed by atoms with Crippen LogP contribution in [0.4, 0.5) is 0 Å². The standard InChI is InChI=1S/C16H21NO3/c1-11(9-12-5-3-2-4-6-12)17-15(18)13-7-8-14(10-13)16(19)20/h2-6,11,13-14H,7-10H2,1H3,(H,17,18)(H,19,20). The van der Waals surface area contributed by atoms with Gasteiger partial charge < -0.3 is 10.4 Å². The lowest BCUT2D eigenvalue weighted by atomic mass is 10.0. The second kappa shape index (κ2) is 6.55. The first kappa shape index (κ1) is 14.6. The molecule has 1 aromatic rings. The van der Waals surface area contributed by atoms with E-state index in [1.807, 2.05) is 37.3 Å². The van der Waals surface area contributed by atoms with Crippen molar-refractivity contribution in [1.29, 1.82) is 0 Å². The van der Waals surface area contributed by atoms with Gasteiger partial charge in [-0.2, -0.15) is 0 Å². The highest BCUT2D eigenvalue weighted by atomic mass is 16.4. The van der Waals surface area contributed by atoms with Crippen LogP contribution in [0.3, 0.4) is 0 Å². The van der Waals surface area contributed by atoms with Crippen LogP contribution in [0.1, 0.15) is 31.7 Å². The van der Waals surface area contributed by atoms with Gasteiger partial charge in [0.2, 0.25) is 5.91 Å². The number of carbonyl (C=O) groups excluding carboxylic acids is 1. The summed E-state index contributed by atoms with van der Waals surface area (Å²) in [5, 5.41) is 12.0. The molecule has 1 aromatic carbocycles. The molecule has 20 heavy (non-hydrogen) atoms. The Morgan fingerprint density at radius 1 is 1.25 bits per heavy atom. The molecular formula is C16H21NO3. The van der Waals surface area contributed by atoms with Crippen molar-refractivity contribution in [2.75, 3.05) is 0 Å². The van der Waals surface area contributed by atoms with Gasteiger partial charge in [-0.1, -0.05) is 30.3 Å². The van der Waals surface area contributed by atoms with Gasteiger partial charge in [-0.3, -0.25) is 9.59 Å². The van der Waals surface area contributed by atoms with Crippen LogP contribution >= 0.6 is 0 Å². The van der Waals surface area contributed by atoms with E-state index in [9.17, 15) is 9.59 Å². The summed E-state index contributed by atoms with van der Waals surface area (Å²) in [6.45, 7) is 1.98. The Labute approximate surface area is 119 Å². The number of hydrogen-bond donors (Lipinski definition) is 2. The number of aliphatic carboxylic acids is 1. The summed E-state index contributed by atoms with van der Waals surface area (Å²) in [7, 11) is 0. The molecule has 0 spiro atoms. The molecule has 0 bridgehead atoms. The Morgan fingerprint density at radius 2 is 1.90 bits per heavy atom. The lowest BCUT2D eigenvalue weighted by Gasteiger charge is -2.17. The van der Waals surface area contributed by atoms with Crippen LogP contribution in [0, 0.1) is 11.8 Å². The average molecular weight is 275 g/mol. The van der Waals surface area contributed by atoms with E-state index in [-0.39, 0.29) is 23.8 Å². The molecule has 3 unspecified atom stereocenters. The molecule has 0 saturated heterocycles. The molecule has 1 aliphatic carbocycles. The van der Waals surface area contributed by atoms with Crippen molar-refractivity contribution in [3.63, 3.8) is 0 Å². The first-order valence-corrected chi connectivity index (χ1v) is 7.13. The lowest BCUT2D eigenvalue weighted by Crippen LogP contribution is -2.37. The lowest BCUT2D eigenvalue weighted by molar-refractivity contribution is -0.141. The van der Waals surface area contributed by atoms with Crippen molar-refractivity contribution in [3.8, 4) is 0 Å². The van der Waals surface area contributed by atoms with Gasteiger partial charge in [-0.05, 0) is 38.2 Å². The normalized spacial score (nSPS) is 23.2. The summed E-state index contributed by atoms with van der Waals surface area (Å²) in [5.41, 5.74) is 1.19. The number of nitrogens with one attached hydrogen (secondary N) is 1. The number of rotatable bonds is 5. The molecule has 0 aromatic heterocycles. The fourth-order valence-corrected chi connectivity index (χ4v) is 2.82. The number of carboxylic acids is 1. The van der Waals surface area contributed by atoms with Crippen LogP contribution < -0.4 is 5.32 Å². The second-order valence-corrected chi connectivity index (χ2v) is 5.64. The monoisotopic (exact) mass is 275 g/mol. The van der Waals surface area contributed by atoms with Crippen LogP contribution in [-0.2, 0) is 16.0 Å². The SMILES string of the molecule is CC(Cc1ccccc1)NC(=O)C1CCC(C(=O)O)C1. The van der Waals surface area contributed by atoms with E-state index in [0.29, 0.717) is 19.3 Å². The van der Waals surface area contributed by atoms with Gasteiger partial charge >= 0.3 is 5.97 Å². The van der Waals surface area contributed by atoms with E-state index in [4.69, 9.17) is 5.11 Å². The first-order valence-electron chi connectivity index (χ1n) is 7.13. The molecule has 1 fully saturated rings. The van der Waals surface area contributed by atoms with E-state index >= 15 is 0 Å². The predicted molar refractivity (Wildman–Crippen MR) is 76.2 cm³/mol. The molecule has 108 valence electrons. The van der Waals surface area contributed by atoms with Crippen molar-refractivity contribution >= 4 is 11.9 Å². The van der Waals surface area contributed by atoms with E-state index < -0.39 is 5.97 Å². The Kier molecular flexibility index (Phi) is 4.77. The summed E-state index contributed by atoms with van der Waals surface area (Å²) >= 11 is 0. The van der Waals surface area contributed by atoms with Crippen molar-refractivity contribution in [2.45, 2.75) is 38.6 Å². The highest BCUT2D eigenvalue weighted by Crippen LogP contribution is 2.31. The van der Waals surface area contributed by atoms with Crippen molar-refractivity contribution in [3.05, 3.63) is 35.9 Å². The van der Waals surface area contributed by atoms with Gasteiger partial charge in [0, 0.05) is 12.0 Å². The molecular weight excluding hydrogens is 254 g/mol. The topological polar surface area (TPSA) is 66.4 Å². The van der Waals surface area contributed by atoms with Crippen molar-refractivity contribution in [2.24, 2.45) is 11.8 Å². The van der Waals surface area contributed by atoms with E-state index in [1.165, 1.54) is 5.56 Å². The van der Waals surface area contributed by atoms with E-state index in [0.717, 1.165) is 6.42 Å². The summed E-state index contributed by atoms with van der Waals surface area (Å²) in [4.78, 5) is 23.0. The molecule has 4 heteroatoms. The maximum Gasteiger partial charge on any atom is 0.306 e. The third kappa shape index (κ3) is 3.83. The minimum Gasteiger partial charge on any atom is -0.481 e. The van der Waals surface area contributed by atoms with Gasteiger partial charge in [0.1, 0.15) is 0 Å². The Morgan fingerprint density at radius 3 is 2.50 bits per heavy atom. The van der Waals surface area contributed by atoms with Gasteiger partial charge in [0.25, 0.3) is 0 Å². The van der Waals surface area contributed by atoms with Gasteiger partial charge in [0.05, 0.1) is 5.92 Å². The summed E-state index contributed by atoms with van der Waals surface area (Å²) in [6.07, 6.45) is 2.56. The molecule has 4 nitrogen and oxygen atoms in total. The molecule has 1 amide bonds. The smallest absolute Gasteiger partial charge is 0.306 e. The number of amides is 1. The quantitative estimate of drug-likeness (QED) is 0.866. The molecule has 2 N–H and O–H groups in total.